The SMILES string of the molecule is CCCC1(C(=O)c2cccc(C3CCC3)c2)CCNCC1. The van der Waals surface area contributed by atoms with Crippen LogP contribution < -0.4 is 5.32 Å². The van der Waals surface area contributed by atoms with Gasteiger partial charge < -0.3 is 5.32 Å². The average molecular weight is 285 g/mol. The van der Waals surface area contributed by atoms with Gasteiger partial charge in [0.25, 0.3) is 0 Å². The fraction of sp³-hybridized carbons (Fsp3) is 0.632. The molecule has 1 N–H and O–H groups in total. The monoisotopic (exact) mass is 285 g/mol. The van der Waals surface area contributed by atoms with Crippen LogP contribution in [0.3, 0.4) is 0 Å². The molecule has 21 heavy (non-hydrogen) atoms. The molecule has 3 rings (SSSR count). The molecule has 1 aliphatic heterocycles. The van der Waals surface area contributed by atoms with E-state index in [0.29, 0.717) is 11.7 Å². The summed E-state index contributed by atoms with van der Waals surface area (Å²) in [6.07, 6.45) is 8.04. The maximum Gasteiger partial charge on any atom is 0.169 e. The smallest absolute Gasteiger partial charge is 0.169 e. The molecule has 2 fully saturated rings. The number of carbonyl (C=O) groups is 1. The summed E-state index contributed by atoms with van der Waals surface area (Å²) >= 11 is 0. The lowest BCUT2D eigenvalue weighted by Crippen LogP contribution is -2.42. The van der Waals surface area contributed by atoms with Crippen molar-refractivity contribution < 1.29 is 4.79 Å². The van der Waals surface area contributed by atoms with Crippen LogP contribution in [0.1, 0.15) is 73.7 Å². The van der Waals surface area contributed by atoms with Gasteiger partial charge in [0.05, 0.1) is 0 Å². The normalized spacial score (nSPS) is 21.8. The Labute approximate surface area is 128 Å². The lowest BCUT2D eigenvalue weighted by Gasteiger charge is -2.36. The molecule has 0 bridgehead atoms. The Balaban J connectivity index is 1.85. The van der Waals surface area contributed by atoms with E-state index in [-0.39, 0.29) is 5.41 Å². The Kier molecular flexibility index (Phi) is 4.44. The molecule has 0 unspecified atom stereocenters. The molecular weight excluding hydrogens is 258 g/mol. The zero-order valence-electron chi connectivity index (χ0n) is 13.2. The minimum atomic E-state index is -0.113. The minimum Gasteiger partial charge on any atom is -0.317 e. The van der Waals surface area contributed by atoms with Crippen LogP contribution >= 0.6 is 0 Å². The summed E-state index contributed by atoms with van der Waals surface area (Å²) in [5, 5.41) is 3.40. The average Bonchev–Trinajstić information content (AvgIpc) is 2.46. The predicted molar refractivity (Wildman–Crippen MR) is 86.8 cm³/mol. The molecule has 0 aromatic heterocycles. The maximum absolute atomic E-state index is 13.2. The fourth-order valence-corrected chi connectivity index (χ4v) is 3.96. The standard InChI is InChI=1S/C19H27NO/c1-2-9-19(10-12-20-13-11-19)18(21)17-8-4-7-16(14-17)15-5-3-6-15/h4,7-8,14-15,20H,2-3,5-6,9-13H2,1H3. The first-order chi connectivity index (χ1) is 10.2. The number of ketones is 1. The lowest BCUT2D eigenvalue weighted by molar-refractivity contribution is 0.0704. The molecule has 0 spiro atoms. The molecule has 2 nitrogen and oxygen atoms in total. The molecule has 114 valence electrons. The molecule has 0 amide bonds. The first kappa shape index (κ1) is 14.8. The van der Waals surface area contributed by atoms with E-state index in [2.05, 4.69) is 30.4 Å². The van der Waals surface area contributed by atoms with E-state index in [9.17, 15) is 4.79 Å². The van der Waals surface area contributed by atoms with Crippen LogP contribution in [0.15, 0.2) is 24.3 Å². The van der Waals surface area contributed by atoms with E-state index < -0.39 is 0 Å². The van der Waals surface area contributed by atoms with Crippen LogP contribution in [0.2, 0.25) is 0 Å². The summed E-state index contributed by atoms with van der Waals surface area (Å²) in [6, 6.07) is 8.51. The number of piperidine rings is 1. The molecule has 1 saturated carbocycles. The summed E-state index contributed by atoms with van der Waals surface area (Å²) < 4.78 is 0. The Morgan fingerprint density at radius 3 is 2.67 bits per heavy atom. The number of nitrogens with one attached hydrogen (secondary N) is 1. The van der Waals surface area contributed by atoms with Crippen LogP contribution in [-0.2, 0) is 0 Å². The second kappa shape index (κ2) is 6.31. The largest absolute Gasteiger partial charge is 0.317 e. The van der Waals surface area contributed by atoms with Crippen molar-refractivity contribution in [2.24, 2.45) is 5.41 Å². The molecule has 1 aromatic rings. The molecule has 1 aromatic carbocycles. The molecule has 2 heteroatoms. The van der Waals surface area contributed by atoms with Crippen molar-refractivity contribution in [2.45, 2.75) is 57.8 Å². The third kappa shape index (κ3) is 2.91. The topological polar surface area (TPSA) is 29.1 Å². The van der Waals surface area contributed by atoms with E-state index in [0.717, 1.165) is 44.3 Å². The second-order valence-electron chi connectivity index (χ2n) is 6.86. The second-order valence-corrected chi connectivity index (χ2v) is 6.86. The minimum absolute atomic E-state index is 0.113. The van der Waals surface area contributed by atoms with Crippen molar-refractivity contribution in [3.8, 4) is 0 Å². The quantitative estimate of drug-likeness (QED) is 0.817. The molecule has 1 saturated heterocycles. The van der Waals surface area contributed by atoms with Gasteiger partial charge in [-0.3, -0.25) is 4.79 Å². The van der Waals surface area contributed by atoms with Gasteiger partial charge in [0.1, 0.15) is 0 Å². The van der Waals surface area contributed by atoms with Gasteiger partial charge in [0, 0.05) is 11.0 Å². The predicted octanol–water partition coefficient (Wildman–Crippen LogP) is 4.31. The summed E-state index contributed by atoms with van der Waals surface area (Å²) in [4.78, 5) is 13.2. The molecular formula is C19H27NO. The third-order valence-corrected chi connectivity index (χ3v) is 5.50. The van der Waals surface area contributed by atoms with Crippen molar-refractivity contribution >= 4 is 5.78 Å². The summed E-state index contributed by atoms with van der Waals surface area (Å²) in [5.41, 5.74) is 2.22. The number of carbonyl (C=O) groups excluding carboxylic acids is 1. The summed E-state index contributed by atoms with van der Waals surface area (Å²) in [5.74, 6) is 1.10. The van der Waals surface area contributed by atoms with Crippen LogP contribution in [0.5, 0.6) is 0 Å². The first-order valence-electron chi connectivity index (χ1n) is 8.61. The van der Waals surface area contributed by atoms with Gasteiger partial charge in [0.15, 0.2) is 5.78 Å². The first-order valence-corrected chi connectivity index (χ1v) is 8.61. The molecule has 0 radical (unpaired) electrons. The van der Waals surface area contributed by atoms with Crippen LogP contribution in [0.25, 0.3) is 0 Å². The number of benzene rings is 1. The van der Waals surface area contributed by atoms with Crippen molar-refractivity contribution in [3.63, 3.8) is 0 Å². The van der Waals surface area contributed by atoms with Gasteiger partial charge in [0.2, 0.25) is 0 Å². The zero-order chi connectivity index (χ0) is 14.7. The summed E-state index contributed by atoms with van der Waals surface area (Å²) in [6.45, 7) is 4.16. The van der Waals surface area contributed by atoms with Crippen molar-refractivity contribution in [2.75, 3.05) is 13.1 Å². The van der Waals surface area contributed by atoms with E-state index >= 15 is 0 Å². The van der Waals surface area contributed by atoms with Gasteiger partial charge in [-0.15, -0.1) is 0 Å². The van der Waals surface area contributed by atoms with Gasteiger partial charge in [-0.05, 0) is 62.7 Å². The highest BCUT2D eigenvalue weighted by atomic mass is 16.1. The van der Waals surface area contributed by atoms with E-state index in [1.165, 1.54) is 24.8 Å². The molecule has 2 aliphatic rings. The van der Waals surface area contributed by atoms with Crippen LogP contribution in [0, 0.1) is 5.41 Å². The molecule has 1 heterocycles. The van der Waals surface area contributed by atoms with E-state index in [4.69, 9.17) is 0 Å². The Hall–Kier alpha value is -1.15. The maximum atomic E-state index is 13.2. The molecule has 0 atom stereocenters. The van der Waals surface area contributed by atoms with Crippen LogP contribution in [0.4, 0.5) is 0 Å². The highest BCUT2D eigenvalue weighted by Crippen LogP contribution is 2.40. The number of hydrogen-bond donors (Lipinski definition) is 1. The Morgan fingerprint density at radius 2 is 2.05 bits per heavy atom. The number of hydrogen-bond acceptors (Lipinski definition) is 2. The fourth-order valence-electron chi connectivity index (χ4n) is 3.96. The van der Waals surface area contributed by atoms with Crippen molar-refractivity contribution in [3.05, 3.63) is 35.4 Å². The van der Waals surface area contributed by atoms with Crippen LogP contribution in [-0.4, -0.2) is 18.9 Å². The summed E-state index contributed by atoms with van der Waals surface area (Å²) in [7, 11) is 0. The van der Waals surface area contributed by atoms with Gasteiger partial charge in [-0.1, -0.05) is 38.0 Å². The van der Waals surface area contributed by atoms with E-state index in [1.54, 1.807) is 0 Å². The lowest BCUT2D eigenvalue weighted by atomic mass is 9.69. The van der Waals surface area contributed by atoms with E-state index in [1.807, 2.05) is 6.07 Å². The van der Waals surface area contributed by atoms with Crippen molar-refractivity contribution in [1.29, 1.82) is 0 Å². The number of rotatable bonds is 5. The highest BCUT2D eigenvalue weighted by Gasteiger charge is 2.39. The zero-order valence-corrected chi connectivity index (χ0v) is 13.2. The number of Topliss-reactive ketones (excluding diaryl/α,β-unsaturated/α-hetero) is 1. The Bertz CT molecular complexity index is 493. The Morgan fingerprint density at radius 1 is 1.29 bits per heavy atom. The van der Waals surface area contributed by atoms with Gasteiger partial charge in [-0.25, -0.2) is 0 Å². The highest BCUT2D eigenvalue weighted by molar-refractivity contribution is 6.00. The third-order valence-electron chi connectivity index (χ3n) is 5.50. The molecule has 1 aliphatic carbocycles. The van der Waals surface area contributed by atoms with Gasteiger partial charge >= 0.3 is 0 Å². The van der Waals surface area contributed by atoms with Gasteiger partial charge in [-0.2, -0.15) is 0 Å². The van der Waals surface area contributed by atoms with Crippen molar-refractivity contribution in [1.82, 2.24) is 5.32 Å².